The summed E-state index contributed by atoms with van der Waals surface area (Å²) < 4.78 is 32.4. The highest BCUT2D eigenvalue weighted by Gasteiger charge is 2.14. The zero-order valence-electron chi connectivity index (χ0n) is 13.4. The van der Waals surface area contributed by atoms with Gasteiger partial charge in [0.05, 0.1) is 4.90 Å². The topological polar surface area (TPSA) is 85.1 Å². The number of benzene rings is 2. The van der Waals surface area contributed by atoms with E-state index in [-0.39, 0.29) is 11.4 Å². The third kappa shape index (κ3) is 4.45. The average molecular weight is 378 g/mol. The first kappa shape index (κ1) is 17.6. The van der Waals surface area contributed by atoms with Gasteiger partial charge in [0.2, 0.25) is 21.8 Å². The monoisotopic (exact) mass is 377 g/mol. The van der Waals surface area contributed by atoms with Crippen LogP contribution in [0.1, 0.15) is 11.5 Å². The van der Waals surface area contributed by atoms with E-state index in [1.54, 1.807) is 0 Å². The number of halogens is 1. The molecule has 25 heavy (non-hydrogen) atoms. The second-order valence-corrected chi connectivity index (χ2v) is 7.68. The third-order valence-electron chi connectivity index (χ3n) is 3.49. The Morgan fingerprint density at radius 2 is 1.88 bits per heavy atom. The van der Waals surface area contributed by atoms with E-state index in [0.717, 1.165) is 11.1 Å². The predicted molar refractivity (Wildman–Crippen MR) is 94.8 cm³/mol. The van der Waals surface area contributed by atoms with Crippen molar-refractivity contribution < 1.29 is 12.8 Å². The van der Waals surface area contributed by atoms with Gasteiger partial charge in [0.25, 0.3) is 0 Å². The number of nitrogens with one attached hydrogen (secondary N) is 1. The van der Waals surface area contributed by atoms with Crippen molar-refractivity contribution in [2.24, 2.45) is 0 Å². The van der Waals surface area contributed by atoms with E-state index in [4.69, 9.17) is 16.0 Å². The molecular formula is C17H16ClN3O3S. The van der Waals surface area contributed by atoms with Crippen LogP contribution in [0.2, 0.25) is 5.02 Å². The summed E-state index contributed by atoms with van der Waals surface area (Å²) in [4.78, 5) is 0.155. The summed E-state index contributed by atoms with van der Waals surface area (Å²) in [7, 11) is -3.60. The van der Waals surface area contributed by atoms with Crippen LogP contribution in [0.25, 0.3) is 11.5 Å². The lowest BCUT2D eigenvalue weighted by Crippen LogP contribution is -2.26. The Labute approximate surface area is 150 Å². The van der Waals surface area contributed by atoms with Crippen LogP contribution in [0.3, 0.4) is 0 Å². The molecule has 0 spiro atoms. The van der Waals surface area contributed by atoms with E-state index >= 15 is 0 Å². The number of rotatable bonds is 6. The Hall–Kier alpha value is -2.22. The summed E-state index contributed by atoms with van der Waals surface area (Å²) in [6.45, 7) is 2.13. The van der Waals surface area contributed by atoms with Gasteiger partial charge in [-0.15, -0.1) is 10.2 Å². The SMILES string of the molecule is Cc1cccc(-c2nnc(CCNS(=O)(=O)c3ccc(Cl)cc3)o2)c1. The second kappa shape index (κ2) is 7.35. The maximum absolute atomic E-state index is 12.2. The molecule has 0 bridgehead atoms. The number of nitrogens with zero attached hydrogens (tertiary/aromatic N) is 2. The van der Waals surface area contributed by atoms with Gasteiger partial charge in [-0.2, -0.15) is 0 Å². The fourth-order valence-corrected chi connectivity index (χ4v) is 3.40. The molecule has 0 saturated heterocycles. The maximum atomic E-state index is 12.2. The van der Waals surface area contributed by atoms with Crippen molar-refractivity contribution in [2.75, 3.05) is 6.54 Å². The fraction of sp³-hybridized carbons (Fsp3) is 0.176. The molecule has 0 unspecified atom stereocenters. The van der Waals surface area contributed by atoms with Gasteiger partial charge in [0.15, 0.2) is 0 Å². The summed E-state index contributed by atoms with van der Waals surface area (Å²) in [6.07, 6.45) is 0.297. The van der Waals surface area contributed by atoms with Gasteiger partial charge < -0.3 is 4.42 Å². The molecule has 6 nitrogen and oxygen atoms in total. The molecule has 0 aliphatic carbocycles. The van der Waals surface area contributed by atoms with Crippen LogP contribution in [0.4, 0.5) is 0 Å². The Kier molecular flexibility index (Phi) is 5.17. The summed E-state index contributed by atoms with van der Waals surface area (Å²) in [5.41, 5.74) is 1.92. The van der Waals surface area contributed by atoms with Crippen LogP contribution < -0.4 is 4.72 Å². The highest BCUT2D eigenvalue weighted by molar-refractivity contribution is 7.89. The van der Waals surface area contributed by atoms with Gasteiger partial charge in [0, 0.05) is 23.6 Å². The molecule has 3 rings (SSSR count). The normalized spacial score (nSPS) is 11.6. The zero-order valence-corrected chi connectivity index (χ0v) is 15.0. The lowest BCUT2D eigenvalue weighted by Gasteiger charge is -2.05. The summed E-state index contributed by atoms with van der Waals surface area (Å²) in [6, 6.07) is 13.7. The number of sulfonamides is 1. The van der Waals surface area contributed by atoms with E-state index in [0.29, 0.717) is 23.2 Å². The fourth-order valence-electron chi connectivity index (χ4n) is 2.24. The van der Waals surface area contributed by atoms with Crippen LogP contribution in [0.5, 0.6) is 0 Å². The highest BCUT2D eigenvalue weighted by atomic mass is 35.5. The first-order valence-electron chi connectivity index (χ1n) is 7.59. The summed E-state index contributed by atoms with van der Waals surface area (Å²) in [5, 5.41) is 8.44. The molecule has 0 atom stereocenters. The number of hydrogen-bond donors (Lipinski definition) is 1. The molecule has 3 aromatic rings. The number of hydrogen-bond acceptors (Lipinski definition) is 5. The van der Waals surface area contributed by atoms with Gasteiger partial charge in [0.1, 0.15) is 0 Å². The van der Waals surface area contributed by atoms with Crippen LogP contribution in [-0.2, 0) is 16.4 Å². The lowest BCUT2D eigenvalue weighted by atomic mass is 10.1. The van der Waals surface area contributed by atoms with Gasteiger partial charge in [-0.3, -0.25) is 0 Å². The molecule has 1 heterocycles. The molecule has 8 heteroatoms. The molecule has 130 valence electrons. The van der Waals surface area contributed by atoms with Crippen LogP contribution in [0, 0.1) is 6.92 Å². The minimum Gasteiger partial charge on any atom is -0.421 e. The van der Waals surface area contributed by atoms with Crippen molar-refractivity contribution >= 4 is 21.6 Å². The van der Waals surface area contributed by atoms with Gasteiger partial charge in [-0.05, 0) is 43.3 Å². The van der Waals surface area contributed by atoms with E-state index in [2.05, 4.69) is 14.9 Å². The molecule has 0 radical (unpaired) electrons. The van der Waals surface area contributed by atoms with E-state index in [1.807, 2.05) is 31.2 Å². The van der Waals surface area contributed by atoms with Crippen molar-refractivity contribution in [3.63, 3.8) is 0 Å². The highest BCUT2D eigenvalue weighted by Crippen LogP contribution is 2.19. The second-order valence-electron chi connectivity index (χ2n) is 5.47. The average Bonchev–Trinajstić information content (AvgIpc) is 3.04. The molecule has 0 amide bonds. The van der Waals surface area contributed by atoms with Crippen molar-refractivity contribution in [2.45, 2.75) is 18.2 Å². The molecule has 1 aromatic heterocycles. The summed E-state index contributed by atoms with van der Waals surface area (Å²) >= 11 is 5.77. The molecule has 0 fully saturated rings. The molecule has 0 aliphatic heterocycles. The first-order valence-corrected chi connectivity index (χ1v) is 9.45. The minimum atomic E-state index is -3.60. The number of aryl methyl sites for hydroxylation is 1. The maximum Gasteiger partial charge on any atom is 0.247 e. The quantitative estimate of drug-likeness (QED) is 0.712. The summed E-state index contributed by atoms with van der Waals surface area (Å²) in [5.74, 6) is 0.787. The minimum absolute atomic E-state index is 0.153. The molecule has 0 saturated carbocycles. The van der Waals surface area contributed by atoms with E-state index in [9.17, 15) is 8.42 Å². The van der Waals surface area contributed by atoms with Crippen molar-refractivity contribution in [1.29, 1.82) is 0 Å². The first-order chi connectivity index (χ1) is 11.9. The van der Waals surface area contributed by atoms with Gasteiger partial charge in [-0.1, -0.05) is 29.3 Å². The molecule has 2 aromatic carbocycles. The largest absolute Gasteiger partial charge is 0.421 e. The number of aromatic nitrogens is 2. The Bertz CT molecular complexity index is 969. The van der Waals surface area contributed by atoms with Crippen molar-refractivity contribution in [3.05, 3.63) is 65.0 Å². The molecule has 1 N–H and O–H groups in total. The van der Waals surface area contributed by atoms with Crippen molar-refractivity contribution in [3.8, 4) is 11.5 Å². The van der Waals surface area contributed by atoms with Crippen LogP contribution >= 0.6 is 11.6 Å². The lowest BCUT2D eigenvalue weighted by molar-refractivity contribution is 0.502. The smallest absolute Gasteiger partial charge is 0.247 e. The van der Waals surface area contributed by atoms with E-state index in [1.165, 1.54) is 24.3 Å². The van der Waals surface area contributed by atoms with Gasteiger partial charge >= 0.3 is 0 Å². The van der Waals surface area contributed by atoms with Crippen LogP contribution in [-0.4, -0.2) is 25.2 Å². The Morgan fingerprint density at radius 1 is 1.12 bits per heavy atom. The van der Waals surface area contributed by atoms with Crippen molar-refractivity contribution in [1.82, 2.24) is 14.9 Å². The van der Waals surface area contributed by atoms with Gasteiger partial charge in [-0.25, -0.2) is 13.1 Å². The predicted octanol–water partition coefficient (Wildman–Crippen LogP) is 3.22. The third-order valence-corrected chi connectivity index (χ3v) is 5.22. The van der Waals surface area contributed by atoms with E-state index < -0.39 is 10.0 Å². The Balaban J connectivity index is 1.62. The standard InChI is InChI=1S/C17H16ClN3O3S/c1-12-3-2-4-13(11-12)17-21-20-16(24-17)9-10-19-25(22,23)15-7-5-14(18)6-8-15/h2-8,11,19H,9-10H2,1H3. The zero-order chi connectivity index (χ0) is 17.9. The Morgan fingerprint density at radius 3 is 2.60 bits per heavy atom. The molecule has 0 aliphatic rings. The molecular weight excluding hydrogens is 362 g/mol. The van der Waals surface area contributed by atoms with Crippen LogP contribution in [0.15, 0.2) is 57.8 Å².